The highest BCUT2D eigenvalue weighted by molar-refractivity contribution is 5.92. The van der Waals surface area contributed by atoms with Gasteiger partial charge in [0.05, 0.1) is 20.8 Å². The second-order valence-electron chi connectivity index (χ2n) is 7.06. The van der Waals surface area contributed by atoms with Crippen molar-refractivity contribution in [2.24, 2.45) is 10.7 Å². The van der Waals surface area contributed by atoms with E-state index in [-0.39, 0.29) is 24.1 Å². The molecule has 1 saturated heterocycles. The number of piperazine rings is 1. The zero-order valence-corrected chi connectivity index (χ0v) is 17.8. The Labute approximate surface area is 181 Å². The third-order valence-corrected chi connectivity index (χ3v) is 5.09. The molecule has 1 aliphatic heterocycles. The number of hydrogen-bond donors (Lipinski definition) is 2. The lowest BCUT2D eigenvalue weighted by molar-refractivity contribution is -0.131. The highest BCUT2D eigenvalue weighted by atomic mass is 19.1. The van der Waals surface area contributed by atoms with E-state index >= 15 is 0 Å². The largest absolute Gasteiger partial charge is 0.493 e. The molecule has 1 heterocycles. The number of nitrogens with one attached hydrogen (secondary N) is 1. The van der Waals surface area contributed by atoms with Crippen molar-refractivity contribution in [3.05, 3.63) is 48.3 Å². The van der Waals surface area contributed by atoms with Crippen LogP contribution in [0.15, 0.2) is 47.5 Å². The molecule has 0 aliphatic carbocycles. The Hall–Kier alpha value is -3.49. The molecule has 3 rings (SSSR count). The average Bonchev–Trinajstić information content (AvgIpc) is 2.79. The molecule has 0 radical (unpaired) electrons. The Morgan fingerprint density at radius 1 is 1.06 bits per heavy atom. The lowest BCUT2D eigenvalue weighted by Gasteiger charge is -2.36. The second kappa shape index (κ2) is 10.5. The van der Waals surface area contributed by atoms with Crippen molar-refractivity contribution in [2.45, 2.75) is 6.42 Å². The molecule has 1 amide bonds. The standard InChI is InChI=1S/C22H28FN5O3/c1-30-19-8-5-17(15-20(19)31-2)26-22(24)25-10-9-21(29)28-13-11-27(12-14-28)18-6-3-16(23)4-7-18/h3-8,15H,9-14H2,1-2H3,(H3,24,25,26). The second-order valence-corrected chi connectivity index (χ2v) is 7.06. The van der Waals surface area contributed by atoms with Crippen molar-refractivity contribution >= 4 is 23.2 Å². The molecule has 0 saturated carbocycles. The Bertz CT molecular complexity index is 912. The van der Waals surface area contributed by atoms with Crippen molar-refractivity contribution in [1.29, 1.82) is 0 Å². The minimum Gasteiger partial charge on any atom is -0.493 e. The van der Waals surface area contributed by atoms with Gasteiger partial charge in [0.2, 0.25) is 5.91 Å². The molecule has 31 heavy (non-hydrogen) atoms. The summed E-state index contributed by atoms with van der Waals surface area (Å²) in [5.41, 5.74) is 7.61. The first-order valence-corrected chi connectivity index (χ1v) is 10.1. The summed E-state index contributed by atoms with van der Waals surface area (Å²) < 4.78 is 23.5. The molecular formula is C22H28FN5O3. The Balaban J connectivity index is 1.44. The first kappa shape index (κ1) is 22.2. The molecule has 0 aromatic heterocycles. The maximum atomic E-state index is 13.1. The SMILES string of the molecule is COc1ccc(NC(N)=NCCC(=O)N2CCN(c3ccc(F)cc3)CC2)cc1OC. The zero-order chi connectivity index (χ0) is 22.2. The quantitative estimate of drug-likeness (QED) is 0.518. The van der Waals surface area contributed by atoms with Crippen molar-refractivity contribution < 1.29 is 18.7 Å². The fourth-order valence-electron chi connectivity index (χ4n) is 3.40. The third-order valence-electron chi connectivity index (χ3n) is 5.09. The van der Waals surface area contributed by atoms with Crippen LogP contribution in [0.25, 0.3) is 0 Å². The number of benzene rings is 2. The predicted molar refractivity (Wildman–Crippen MR) is 119 cm³/mol. The van der Waals surface area contributed by atoms with Crippen LogP contribution in [0.4, 0.5) is 15.8 Å². The van der Waals surface area contributed by atoms with Crippen LogP contribution in [0.2, 0.25) is 0 Å². The van der Waals surface area contributed by atoms with Gasteiger partial charge in [-0.3, -0.25) is 9.79 Å². The number of nitrogens with zero attached hydrogens (tertiary/aromatic N) is 3. The number of nitrogens with two attached hydrogens (primary N) is 1. The number of hydrogen-bond acceptors (Lipinski definition) is 5. The minimum atomic E-state index is -0.252. The fraction of sp³-hybridized carbons (Fsp3) is 0.364. The molecule has 8 nitrogen and oxygen atoms in total. The number of ether oxygens (including phenoxy) is 2. The first-order valence-electron chi connectivity index (χ1n) is 10.1. The van der Waals surface area contributed by atoms with E-state index in [0.29, 0.717) is 49.9 Å². The summed E-state index contributed by atoms with van der Waals surface area (Å²) in [6, 6.07) is 11.7. The van der Waals surface area contributed by atoms with E-state index in [4.69, 9.17) is 15.2 Å². The molecule has 9 heteroatoms. The molecule has 0 unspecified atom stereocenters. The highest BCUT2D eigenvalue weighted by Crippen LogP contribution is 2.29. The van der Waals surface area contributed by atoms with Gasteiger partial charge < -0.3 is 30.3 Å². The molecule has 2 aromatic rings. The Kier molecular flexibility index (Phi) is 7.53. The number of halogens is 1. The minimum absolute atomic E-state index is 0.0430. The molecule has 0 atom stereocenters. The number of anilines is 2. The number of amides is 1. The maximum Gasteiger partial charge on any atom is 0.224 e. The fourth-order valence-corrected chi connectivity index (χ4v) is 3.40. The van der Waals surface area contributed by atoms with E-state index in [0.717, 1.165) is 5.69 Å². The van der Waals surface area contributed by atoms with Gasteiger partial charge in [-0.2, -0.15) is 0 Å². The molecule has 1 aliphatic rings. The normalized spacial score (nSPS) is 14.4. The van der Waals surface area contributed by atoms with E-state index in [9.17, 15) is 9.18 Å². The summed E-state index contributed by atoms with van der Waals surface area (Å²) in [7, 11) is 3.13. The summed E-state index contributed by atoms with van der Waals surface area (Å²) in [5.74, 6) is 1.21. The van der Waals surface area contributed by atoms with Gasteiger partial charge >= 0.3 is 0 Å². The molecule has 3 N–H and O–H groups in total. The number of rotatable bonds is 7. The van der Waals surface area contributed by atoms with E-state index in [2.05, 4.69) is 15.2 Å². The number of methoxy groups -OCH3 is 2. The first-order chi connectivity index (χ1) is 15.0. The van der Waals surface area contributed by atoms with Gasteiger partial charge in [-0.25, -0.2) is 4.39 Å². The van der Waals surface area contributed by atoms with Crippen molar-refractivity contribution in [3.8, 4) is 11.5 Å². The van der Waals surface area contributed by atoms with Gasteiger partial charge in [0.15, 0.2) is 17.5 Å². The zero-order valence-electron chi connectivity index (χ0n) is 17.8. The lowest BCUT2D eigenvalue weighted by atomic mass is 10.2. The van der Waals surface area contributed by atoms with Crippen LogP contribution in [0.1, 0.15) is 6.42 Å². The Morgan fingerprint density at radius 3 is 2.39 bits per heavy atom. The summed E-state index contributed by atoms with van der Waals surface area (Å²) in [4.78, 5) is 20.7. The maximum absolute atomic E-state index is 13.1. The van der Waals surface area contributed by atoms with Gasteiger partial charge in [0.25, 0.3) is 0 Å². The van der Waals surface area contributed by atoms with Gasteiger partial charge in [-0.15, -0.1) is 0 Å². The van der Waals surface area contributed by atoms with Gasteiger partial charge in [0.1, 0.15) is 5.82 Å². The highest BCUT2D eigenvalue weighted by Gasteiger charge is 2.21. The van der Waals surface area contributed by atoms with Crippen LogP contribution >= 0.6 is 0 Å². The van der Waals surface area contributed by atoms with Crippen LogP contribution in [0, 0.1) is 5.82 Å². The lowest BCUT2D eigenvalue weighted by Crippen LogP contribution is -2.48. The van der Waals surface area contributed by atoms with Crippen LogP contribution in [0.5, 0.6) is 11.5 Å². The Morgan fingerprint density at radius 2 is 1.74 bits per heavy atom. The van der Waals surface area contributed by atoms with Crippen molar-refractivity contribution in [3.63, 3.8) is 0 Å². The van der Waals surface area contributed by atoms with Gasteiger partial charge in [-0.05, 0) is 36.4 Å². The summed E-state index contributed by atoms with van der Waals surface area (Å²) in [6.45, 7) is 2.97. The molecular weight excluding hydrogens is 401 g/mol. The van der Waals surface area contributed by atoms with Crippen molar-refractivity contribution in [2.75, 3.05) is 57.2 Å². The molecule has 1 fully saturated rings. The van der Waals surface area contributed by atoms with E-state index in [1.165, 1.54) is 12.1 Å². The monoisotopic (exact) mass is 429 g/mol. The summed E-state index contributed by atoms with van der Waals surface area (Å²) in [6.07, 6.45) is 0.283. The van der Waals surface area contributed by atoms with Crippen molar-refractivity contribution in [1.82, 2.24) is 4.90 Å². The number of carbonyl (C=O) groups is 1. The van der Waals surface area contributed by atoms with Gasteiger partial charge in [-0.1, -0.05) is 0 Å². The number of guanidine groups is 1. The van der Waals surface area contributed by atoms with Crippen LogP contribution in [-0.2, 0) is 4.79 Å². The molecule has 2 aromatic carbocycles. The molecule has 0 bridgehead atoms. The predicted octanol–water partition coefficient (Wildman–Crippen LogP) is 2.31. The van der Waals surface area contributed by atoms with E-state index in [1.54, 1.807) is 44.6 Å². The van der Waals surface area contributed by atoms with Crippen LogP contribution in [0.3, 0.4) is 0 Å². The third kappa shape index (κ3) is 6.00. The smallest absolute Gasteiger partial charge is 0.224 e. The number of carbonyl (C=O) groups excluding carboxylic acids is 1. The summed E-state index contributed by atoms with van der Waals surface area (Å²) in [5, 5.41) is 2.98. The topological polar surface area (TPSA) is 92.4 Å². The molecule has 166 valence electrons. The molecule has 0 spiro atoms. The van der Waals surface area contributed by atoms with E-state index < -0.39 is 0 Å². The summed E-state index contributed by atoms with van der Waals surface area (Å²) >= 11 is 0. The number of aliphatic imine (C=N–C) groups is 1. The average molecular weight is 429 g/mol. The van der Waals surface area contributed by atoms with E-state index in [1.807, 2.05) is 4.90 Å². The van der Waals surface area contributed by atoms with Gasteiger partial charge in [0, 0.05) is 50.0 Å². The van der Waals surface area contributed by atoms with Crippen LogP contribution in [-0.4, -0.2) is 63.7 Å². The van der Waals surface area contributed by atoms with Crippen LogP contribution < -0.4 is 25.4 Å².